The van der Waals surface area contributed by atoms with E-state index < -0.39 is 29.3 Å². The monoisotopic (exact) mass is 748 g/mol. The number of carboxylic acid groups (broad SMARTS) is 1. The summed E-state index contributed by atoms with van der Waals surface area (Å²) in [4.78, 5) is 48.7. The number of rotatable bonds is 8. The number of methoxy groups -OCH3 is 1. The van der Waals surface area contributed by atoms with Gasteiger partial charge in [-0.1, -0.05) is 53.5 Å². The highest BCUT2D eigenvalue weighted by atomic mass is 35.5. The second-order valence-corrected chi connectivity index (χ2v) is 14.3. The Balaban J connectivity index is 1.15. The lowest BCUT2D eigenvalue weighted by Crippen LogP contribution is -2.37. The molecule has 2 fully saturated rings. The third-order valence-electron chi connectivity index (χ3n) is 10.8. The topological polar surface area (TPSA) is 132 Å². The molecule has 3 aromatic heterocycles. The van der Waals surface area contributed by atoms with Gasteiger partial charge in [-0.05, 0) is 48.4 Å². The minimum atomic E-state index is -2.97. The summed E-state index contributed by atoms with van der Waals surface area (Å²) in [7, 11) is 4.28. The number of ether oxygens (including phenoxy) is 1. The van der Waals surface area contributed by atoms with Crippen molar-refractivity contribution < 1.29 is 23.4 Å². The molecule has 4 heterocycles. The number of benzene rings is 2. The number of halogens is 4. The molecular weight excluding hydrogens is 717 g/mol. The number of hydrogen-bond acceptors (Lipinski definition) is 8. The highest BCUT2D eigenvalue weighted by Gasteiger charge is 2.60. The van der Waals surface area contributed by atoms with Gasteiger partial charge in [-0.15, -0.1) is 0 Å². The number of aryl methyl sites for hydroxylation is 2. The maximum Gasteiger partial charge on any atom is 0.330 e. The zero-order chi connectivity index (χ0) is 36.7. The molecule has 0 bridgehead atoms. The molecule has 1 aliphatic heterocycles. The Morgan fingerprint density at radius 3 is 2.33 bits per heavy atom. The number of nitrogens with one attached hydrogen (secondary N) is 1. The Kier molecular flexibility index (Phi) is 8.35. The van der Waals surface area contributed by atoms with Gasteiger partial charge in [0.15, 0.2) is 0 Å². The highest BCUT2D eigenvalue weighted by Crippen LogP contribution is 2.55. The van der Waals surface area contributed by atoms with Gasteiger partial charge in [-0.2, -0.15) is 0 Å². The van der Waals surface area contributed by atoms with Crippen molar-refractivity contribution in [2.24, 2.45) is 31.8 Å². The summed E-state index contributed by atoms with van der Waals surface area (Å²) in [5.74, 6) is -0.225. The number of anilines is 2. The van der Waals surface area contributed by atoms with Crippen LogP contribution < -0.4 is 21.3 Å². The summed E-state index contributed by atoms with van der Waals surface area (Å²) < 4.78 is 35.7. The molecule has 11 nitrogen and oxygen atoms in total. The van der Waals surface area contributed by atoms with Gasteiger partial charge in [0.05, 0.1) is 40.0 Å². The van der Waals surface area contributed by atoms with Crippen LogP contribution in [0, 0.1) is 17.8 Å². The van der Waals surface area contributed by atoms with Crippen LogP contribution in [0.1, 0.15) is 35.7 Å². The maximum absolute atomic E-state index is 13.9. The third kappa shape index (κ3) is 5.36. The van der Waals surface area contributed by atoms with Crippen molar-refractivity contribution in [2.75, 3.05) is 25.5 Å². The van der Waals surface area contributed by atoms with E-state index in [1.54, 1.807) is 31.4 Å². The van der Waals surface area contributed by atoms with Crippen LogP contribution in [0.4, 0.5) is 20.3 Å². The minimum absolute atomic E-state index is 0.00335. The lowest BCUT2D eigenvalue weighted by Gasteiger charge is -2.27. The van der Waals surface area contributed by atoms with E-state index in [0.29, 0.717) is 33.3 Å². The molecule has 1 saturated carbocycles. The van der Waals surface area contributed by atoms with Gasteiger partial charge in [-0.25, -0.2) is 23.5 Å². The number of carboxylic acids is 1. The molecule has 268 valence electrons. The molecule has 52 heavy (non-hydrogen) atoms. The molecule has 15 heteroatoms. The number of likely N-dealkylation sites (tertiary alicyclic amines) is 1. The first-order valence-corrected chi connectivity index (χ1v) is 17.4. The quantitative estimate of drug-likeness (QED) is 0.180. The van der Waals surface area contributed by atoms with Crippen LogP contribution in [-0.4, -0.2) is 55.3 Å². The van der Waals surface area contributed by atoms with Crippen LogP contribution in [0.2, 0.25) is 10.0 Å². The summed E-state index contributed by atoms with van der Waals surface area (Å²) in [6, 6.07) is 13.7. The Morgan fingerprint density at radius 1 is 0.981 bits per heavy atom. The van der Waals surface area contributed by atoms with E-state index in [9.17, 15) is 28.3 Å². The van der Waals surface area contributed by atoms with Gasteiger partial charge in [0.25, 0.3) is 12.0 Å². The number of carbonyl (C=O) groups is 1. The normalized spacial score (nSPS) is 20.7. The van der Waals surface area contributed by atoms with E-state index in [4.69, 9.17) is 32.9 Å². The second-order valence-electron chi connectivity index (χ2n) is 13.5. The van der Waals surface area contributed by atoms with Gasteiger partial charge in [-0.3, -0.25) is 23.6 Å². The average Bonchev–Trinajstić information content (AvgIpc) is 3.40. The van der Waals surface area contributed by atoms with Crippen molar-refractivity contribution in [1.82, 2.24) is 24.0 Å². The summed E-state index contributed by atoms with van der Waals surface area (Å²) in [6.45, 7) is 1.50. The second kappa shape index (κ2) is 12.7. The van der Waals surface area contributed by atoms with Gasteiger partial charge in [0.1, 0.15) is 16.9 Å². The van der Waals surface area contributed by atoms with Gasteiger partial charge in [0.2, 0.25) is 5.88 Å². The van der Waals surface area contributed by atoms with Crippen LogP contribution >= 0.6 is 23.2 Å². The summed E-state index contributed by atoms with van der Waals surface area (Å²) in [6.07, 6.45) is -1.28. The van der Waals surface area contributed by atoms with E-state index in [2.05, 4.69) is 15.2 Å². The largest absolute Gasteiger partial charge is 0.481 e. The van der Waals surface area contributed by atoms with Gasteiger partial charge >= 0.3 is 11.7 Å². The van der Waals surface area contributed by atoms with Crippen LogP contribution in [0.5, 0.6) is 5.88 Å². The SMILES string of the molecule is COc1nc(-c2cccc(-c3cccc(Nc4nc(C(F)F)cc5c4c(=O)n(C)c(=O)n5C)c3Cl)c2Cl)cc2c1C(N1CC3C(C1)C3C(=O)O)CC2. The molecule has 3 aliphatic rings. The number of piperidine rings is 1. The van der Waals surface area contributed by atoms with E-state index in [1.165, 1.54) is 14.1 Å². The Morgan fingerprint density at radius 2 is 1.65 bits per heavy atom. The van der Waals surface area contributed by atoms with E-state index in [-0.39, 0.29) is 51.2 Å². The number of alkyl halides is 2. The molecule has 0 amide bonds. The molecule has 5 aromatic rings. The van der Waals surface area contributed by atoms with Crippen LogP contribution in [0.25, 0.3) is 33.3 Å². The fourth-order valence-electron chi connectivity index (χ4n) is 8.13. The lowest BCUT2D eigenvalue weighted by atomic mass is 9.99. The van der Waals surface area contributed by atoms with Crippen LogP contribution in [0.3, 0.4) is 0 Å². The molecule has 3 atom stereocenters. The predicted molar refractivity (Wildman–Crippen MR) is 193 cm³/mol. The predicted octanol–water partition coefficient (Wildman–Crippen LogP) is 6.61. The Hall–Kier alpha value is -4.85. The summed E-state index contributed by atoms with van der Waals surface area (Å²) in [5.41, 5.74) is 2.77. The molecule has 2 aromatic carbocycles. The first-order valence-electron chi connectivity index (χ1n) is 16.7. The molecule has 0 radical (unpaired) electrons. The molecule has 2 N–H and O–H groups in total. The molecule has 3 unspecified atom stereocenters. The van der Waals surface area contributed by atoms with Crippen molar-refractivity contribution in [3.8, 4) is 28.3 Å². The number of hydrogen-bond donors (Lipinski definition) is 2. The Labute approximate surface area is 305 Å². The van der Waals surface area contributed by atoms with Crippen LogP contribution in [0.15, 0.2) is 58.1 Å². The summed E-state index contributed by atoms with van der Waals surface area (Å²) >= 11 is 14.1. The van der Waals surface area contributed by atoms with Gasteiger partial charge < -0.3 is 15.2 Å². The smallest absolute Gasteiger partial charge is 0.330 e. The van der Waals surface area contributed by atoms with E-state index in [1.807, 2.05) is 18.2 Å². The number of fused-ring (bicyclic) bond motifs is 3. The molecular formula is C37H32Cl2F2N6O5. The standard InChI is InChI=1S/C37H32Cl2F2N6O5/c1-45-26-13-24(32(40)41)43-33(29(26)35(48)46(2)37(45)51)42-22-9-5-7-18(31(22)39)17-6-4-8-19(30(17)38)23-12-16-10-11-25(27(16)34(44-23)52-3)47-14-20-21(15-47)28(20)36(49)50/h4-9,12-13,20-21,25,28,32H,10-11,14-15H2,1-3H3,(H,42,43)(H,49,50). The van der Waals surface area contributed by atoms with Crippen molar-refractivity contribution >= 4 is 51.6 Å². The number of aliphatic carboxylic acids is 1. The number of pyridine rings is 2. The average molecular weight is 750 g/mol. The first-order chi connectivity index (χ1) is 24.9. The summed E-state index contributed by atoms with van der Waals surface area (Å²) in [5, 5.41) is 13.0. The maximum atomic E-state index is 13.9. The minimum Gasteiger partial charge on any atom is -0.481 e. The molecule has 2 aliphatic carbocycles. The van der Waals surface area contributed by atoms with Crippen molar-refractivity contribution in [1.29, 1.82) is 0 Å². The van der Waals surface area contributed by atoms with Crippen molar-refractivity contribution in [3.63, 3.8) is 0 Å². The number of nitrogens with zero attached hydrogens (tertiary/aromatic N) is 5. The zero-order valence-electron chi connectivity index (χ0n) is 28.2. The van der Waals surface area contributed by atoms with E-state index in [0.717, 1.165) is 52.3 Å². The van der Waals surface area contributed by atoms with Gasteiger partial charge in [0, 0.05) is 55.5 Å². The first kappa shape index (κ1) is 34.2. The highest BCUT2D eigenvalue weighted by molar-refractivity contribution is 6.39. The molecule has 8 rings (SSSR count). The third-order valence-corrected chi connectivity index (χ3v) is 11.6. The fraction of sp³-hybridized carbons (Fsp3) is 0.324. The zero-order valence-corrected chi connectivity index (χ0v) is 29.7. The fourth-order valence-corrected chi connectivity index (χ4v) is 8.73. The van der Waals surface area contributed by atoms with Crippen LogP contribution in [-0.2, 0) is 25.3 Å². The van der Waals surface area contributed by atoms with Crippen molar-refractivity contribution in [3.05, 3.63) is 96.2 Å². The lowest BCUT2D eigenvalue weighted by molar-refractivity contribution is -0.139. The molecule has 1 saturated heterocycles. The van der Waals surface area contributed by atoms with E-state index >= 15 is 0 Å². The molecule has 0 spiro atoms. The van der Waals surface area contributed by atoms with Crippen molar-refractivity contribution in [2.45, 2.75) is 25.3 Å². The Bertz CT molecular complexity index is 2440. The number of aromatic nitrogens is 4.